The van der Waals surface area contributed by atoms with Crippen molar-refractivity contribution in [3.63, 3.8) is 0 Å². The van der Waals surface area contributed by atoms with E-state index in [2.05, 4.69) is 19.2 Å². The number of unbranched alkanes of at least 4 members (excludes halogenated alkanes) is 49. The van der Waals surface area contributed by atoms with Gasteiger partial charge in [0, 0.05) is 6.42 Å². The Kier molecular flexibility index (Phi) is 55.7. The number of aliphatic hydroxyl groups excluding tert-OH is 2. The number of aliphatic hydroxyl groups is 2. The van der Waals surface area contributed by atoms with E-state index in [0.29, 0.717) is 6.42 Å². The lowest BCUT2D eigenvalue weighted by molar-refractivity contribution is -0.123. The molecule has 1 amide bonds. The molecule has 0 aliphatic heterocycles. The number of hydrogen-bond acceptors (Lipinski definition) is 3. The van der Waals surface area contributed by atoms with Crippen LogP contribution in [-0.4, -0.2) is 34.9 Å². The highest BCUT2D eigenvalue weighted by Crippen LogP contribution is 2.18. The zero-order valence-corrected chi connectivity index (χ0v) is 44.1. The van der Waals surface area contributed by atoms with Gasteiger partial charge in [0.2, 0.25) is 5.91 Å². The molecule has 2 atom stereocenters. The first-order valence-corrected chi connectivity index (χ1v) is 29.9. The van der Waals surface area contributed by atoms with E-state index in [9.17, 15) is 15.0 Å². The maximum absolute atomic E-state index is 12.5. The highest BCUT2D eigenvalue weighted by molar-refractivity contribution is 5.76. The molecular weight excluding hydrogens is 783 g/mol. The van der Waals surface area contributed by atoms with Crippen LogP contribution in [0.2, 0.25) is 0 Å². The second-order valence-corrected chi connectivity index (χ2v) is 20.8. The van der Waals surface area contributed by atoms with Gasteiger partial charge in [0.05, 0.1) is 18.8 Å². The molecule has 0 saturated carbocycles. The molecule has 0 aliphatic carbocycles. The molecule has 0 heterocycles. The minimum atomic E-state index is -0.835. The topological polar surface area (TPSA) is 69.6 Å². The second kappa shape index (κ2) is 56.5. The first kappa shape index (κ1) is 63.1. The van der Waals surface area contributed by atoms with Crippen molar-refractivity contribution in [3.8, 4) is 0 Å². The van der Waals surface area contributed by atoms with Crippen LogP contribution in [0, 0.1) is 0 Å². The summed E-state index contributed by atoms with van der Waals surface area (Å²) in [4.78, 5) is 12.5. The van der Waals surface area contributed by atoms with Gasteiger partial charge >= 0.3 is 0 Å². The SMILES string of the molecule is CCCCCCCCCCCCCCCCC/C=C/C(O)C(CO)NC(=O)CCCCCCCCCCCCCCCCCCCCCCCCCCCCCCCCCCCCC. The van der Waals surface area contributed by atoms with Gasteiger partial charge in [-0.25, -0.2) is 0 Å². The first-order valence-electron chi connectivity index (χ1n) is 29.9. The van der Waals surface area contributed by atoms with E-state index in [4.69, 9.17) is 0 Å². The molecule has 0 rings (SSSR count). The minimum absolute atomic E-state index is 0.0556. The predicted octanol–water partition coefficient (Wildman–Crippen LogP) is 19.7. The summed E-state index contributed by atoms with van der Waals surface area (Å²) >= 11 is 0. The number of carbonyl (C=O) groups excluding carboxylic acids is 1. The van der Waals surface area contributed by atoms with Crippen LogP contribution in [0.25, 0.3) is 0 Å². The summed E-state index contributed by atoms with van der Waals surface area (Å²) in [6, 6.07) is -0.618. The van der Waals surface area contributed by atoms with Crippen molar-refractivity contribution in [2.24, 2.45) is 0 Å². The fourth-order valence-electron chi connectivity index (χ4n) is 9.71. The molecule has 64 heavy (non-hydrogen) atoms. The number of rotatable bonds is 56. The first-order chi connectivity index (χ1) is 31.7. The number of amides is 1. The van der Waals surface area contributed by atoms with E-state index in [1.54, 1.807) is 6.08 Å². The molecule has 0 aliphatic rings. The van der Waals surface area contributed by atoms with Crippen LogP contribution in [-0.2, 0) is 4.79 Å². The summed E-state index contributed by atoms with van der Waals surface area (Å²) in [7, 11) is 0. The van der Waals surface area contributed by atoms with Gasteiger partial charge in [-0.15, -0.1) is 0 Å². The van der Waals surface area contributed by atoms with E-state index in [1.165, 1.54) is 302 Å². The summed E-state index contributed by atoms with van der Waals surface area (Å²) in [5.74, 6) is -0.0556. The van der Waals surface area contributed by atoms with Crippen molar-refractivity contribution in [3.05, 3.63) is 12.2 Å². The molecule has 0 bridgehead atoms. The molecular formula is C60H119NO3. The average Bonchev–Trinajstić information content (AvgIpc) is 3.30. The molecule has 382 valence electrons. The van der Waals surface area contributed by atoms with E-state index < -0.39 is 12.1 Å². The fourth-order valence-corrected chi connectivity index (χ4v) is 9.71. The Balaban J connectivity index is 3.38. The Hall–Kier alpha value is -0.870. The Morgan fingerprint density at radius 3 is 0.812 bits per heavy atom. The van der Waals surface area contributed by atoms with Crippen LogP contribution in [0.5, 0.6) is 0 Å². The van der Waals surface area contributed by atoms with Crippen molar-refractivity contribution in [1.82, 2.24) is 5.32 Å². The Bertz CT molecular complexity index is 890. The standard InChI is InChI=1S/C60H119NO3/c1-3-5-7-9-11-13-15-17-19-21-22-23-24-25-26-27-28-29-30-31-32-33-34-35-36-37-38-40-42-44-46-48-50-52-54-56-60(64)61-58(57-62)59(63)55-53-51-49-47-45-43-41-39-20-18-16-14-12-10-8-6-4-2/h53,55,58-59,62-63H,3-52,54,56-57H2,1-2H3,(H,61,64)/b55-53+. The van der Waals surface area contributed by atoms with E-state index in [-0.39, 0.29) is 12.5 Å². The number of hydrogen-bond donors (Lipinski definition) is 3. The molecule has 0 aromatic carbocycles. The minimum Gasteiger partial charge on any atom is -0.394 e. The third-order valence-electron chi connectivity index (χ3n) is 14.3. The highest BCUT2D eigenvalue weighted by Gasteiger charge is 2.18. The maximum atomic E-state index is 12.5. The van der Waals surface area contributed by atoms with Gasteiger partial charge in [-0.3, -0.25) is 4.79 Å². The van der Waals surface area contributed by atoms with Gasteiger partial charge in [-0.2, -0.15) is 0 Å². The van der Waals surface area contributed by atoms with Gasteiger partial charge < -0.3 is 15.5 Å². The summed E-state index contributed by atoms with van der Waals surface area (Å²) in [5, 5.41) is 23.2. The molecule has 0 aromatic rings. The largest absolute Gasteiger partial charge is 0.394 e. The van der Waals surface area contributed by atoms with Crippen molar-refractivity contribution in [1.29, 1.82) is 0 Å². The van der Waals surface area contributed by atoms with E-state index in [1.807, 2.05) is 6.08 Å². The van der Waals surface area contributed by atoms with E-state index >= 15 is 0 Å². The van der Waals surface area contributed by atoms with Crippen molar-refractivity contribution < 1.29 is 15.0 Å². The average molecular weight is 903 g/mol. The zero-order chi connectivity index (χ0) is 46.3. The smallest absolute Gasteiger partial charge is 0.220 e. The van der Waals surface area contributed by atoms with Gasteiger partial charge in [-0.1, -0.05) is 334 Å². The summed E-state index contributed by atoms with van der Waals surface area (Å²) in [5.41, 5.74) is 0. The lowest BCUT2D eigenvalue weighted by Gasteiger charge is -2.20. The molecule has 4 heteroatoms. The summed E-state index contributed by atoms with van der Waals surface area (Å²) < 4.78 is 0. The molecule has 0 fully saturated rings. The van der Waals surface area contributed by atoms with Crippen LogP contribution in [0.1, 0.15) is 348 Å². The predicted molar refractivity (Wildman–Crippen MR) is 286 cm³/mol. The van der Waals surface area contributed by atoms with Gasteiger partial charge in [-0.05, 0) is 19.3 Å². The van der Waals surface area contributed by atoms with Crippen molar-refractivity contribution in [2.75, 3.05) is 6.61 Å². The van der Waals surface area contributed by atoms with Crippen LogP contribution < -0.4 is 5.32 Å². The zero-order valence-electron chi connectivity index (χ0n) is 44.1. The molecule has 0 spiro atoms. The maximum Gasteiger partial charge on any atom is 0.220 e. The summed E-state index contributed by atoms with van der Waals surface area (Å²) in [6.45, 7) is 4.35. The second-order valence-electron chi connectivity index (χ2n) is 20.8. The van der Waals surface area contributed by atoms with Gasteiger partial charge in [0.15, 0.2) is 0 Å². The highest BCUT2D eigenvalue weighted by atomic mass is 16.3. The third-order valence-corrected chi connectivity index (χ3v) is 14.3. The number of carbonyl (C=O) groups is 1. The monoisotopic (exact) mass is 902 g/mol. The molecule has 0 saturated heterocycles. The number of nitrogens with one attached hydrogen (secondary N) is 1. The lowest BCUT2D eigenvalue weighted by atomic mass is 10.0. The Morgan fingerprint density at radius 1 is 0.359 bits per heavy atom. The molecule has 4 nitrogen and oxygen atoms in total. The third kappa shape index (κ3) is 52.1. The number of allylic oxidation sites excluding steroid dienone is 1. The fraction of sp³-hybridized carbons (Fsp3) is 0.950. The van der Waals surface area contributed by atoms with Crippen LogP contribution in [0.15, 0.2) is 12.2 Å². The van der Waals surface area contributed by atoms with Gasteiger partial charge in [0.1, 0.15) is 0 Å². The normalized spacial score (nSPS) is 12.8. The molecule has 3 N–H and O–H groups in total. The lowest BCUT2D eigenvalue weighted by Crippen LogP contribution is -2.45. The van der Waals surface area contributed by atoms with Gasteiger partial charge in [0.25, 0.3) is 0 Å². The van der Waals surface area contributed by atoms with Crippen LogP contribution in [0.4, 0.5) is 0 Å². The van der Waals surface area contributed by atoms with Crippen molar-refractivity contribution >= 4 is 5.91 Å². The molecule has 0 aromatic heterocycles. The Labute approximate surface area is 403 Å². The van der Waals surface area contributed by atoms with E-state index in [0.717, 1.165) is 25.7 Å². The quantitative estimate of drug-likeness (QED) is 0.0421. The molecule has 0 radical (unpaired) electrons. The van der Waals surface area contributed by atoms with Crippen LogP contribution in [0.3, 0.4) is 0 Å². The van der Waals surface area contributed by atoms with Crippen molar-refractivity contribution in [2.45, 2.75) is 360 Å². The van der Waals surface area contributed by atoms with Crippen LogP contribution >= 0.6 is 0 Å². The summed E-state index contributed by atoms with van der Waals surface area (Å²) in [6.07, 6.45) is 74.0. The molecule has 2 unspecified atom stereocenters. The Morgan fingerprint density at radius 2 is 0.578 bits per heavy atom.